The number of hydrogen-bond donors (Lipinski definition) is 2. The Bertz CT molecular complexity index is 2230. The molecule has 0 unspecified atom stereocenters. The zero-order valence-electron chi connectivity index (χ0n) is 35.6. The van der Waals surface area contributed by atoms with Crippen LogP contribution in [-0.4, -0.2) is 113 Å². The number of nitro benzene ring substituents is 1. The summed E-state index contributed by atoms with van der Waals surface area (Å²) in [7, 11) is -4.46. The number of carbonyl (C=O) groups excluding carboxylic acids is 1. The number of carbonyl (C=O) groups is 1. The van der Waals surface area contributed by atoms with E-state index < -0.39 is 38.4 Å². The number of sulfonamides is 1. The number of piperazine rings is 1. The third-order valence-electron chi connectivity index (χ3n) is 13.8. The first kappa shape index (κ1) is 44.5. The summed E-state index contributed by atoms with van der Waals surface area (Å²) in [4.78, 5) is 32.7. The van der Waals surface area contributed by atoms with Crippen LogP contribution in [0.3, 0.4) is 0 Å². The van der Waals surface area contributed by atoms with Crippen LogP contribution in [0.4, 0.5) is 25.8 Å². The fraction of sp³-hybridized carbons (Fsp3) is 0.543. The molecule has 6 aliphatic rings. The van der Waals surface area contributed by atoms with Crippen molar-refractivity contribution in [3.05, 3.63) is 99.6 Å². The molecule has 5 fully saturated rings. The Morgan fingerprint density at radius 1 is 0.935 bits per heavy atom. The number of nitro groups is 1. The van der Waals surface area contributed by atoms with E-state index >= 15 is 0 Å². The zero-order valence-corrected chi connectivity index (χ0v) is 37.3. The highest BCUT2D eigenvalue weighted by atomic mass is 32.2. The highest BCUT2D eigenvalue weighted by Crippen LogP contribution is 2.79. The van der Waals surface area contributed by atoms with Crippen molar-refractivity contribution in [2.75, 3.05) is 81.5 Å². The van der Waals surface area contributed by atoms with Crippen molar-refractivity contribution in [3.63, 3.8) is 0 Å². The standard InChI is InChI=1S/C46H58F2N6O6S2/c1-44(2)16-14-34(39(27-44)45-30-46(31-45,32-45)43(47)48)28-52-18-20-53(21-19-52)36-10-8-33(9-11-36)42(55)50-62(58,59)38-12-13-40(41(26-38)54(56)57)49-35(15-17-51-22-24-60-25-23-51)29-61-37-6-4-3-5-7-37/h3-13,26,35,43,49H,14-25,27-32H2,1-2H3,(H,50,55)/t35-,45?,46?/m1/s1. The van der Waals surface area contributed by atoms with E-state index in [0.29, 0.717) is 44.6 Å². The number of morpholine rings is 1. The fourth-order valence-corrected chi connectivity index (χ4v) is 12.2. The molecule has 62 heavy (non-hydrogen) atoms. The van der Waals surface area contributed by atoms with E-state index in [1.54, 1.807) is 36.0 Å². The van der Waals surface area contributed by atoms with Crippen LogP contribution in [0.15, 0.2) is 93.7 Å². The molecular weight excluding hydrogens is 835 g/mol. The maximum absolute atomic E-state index is 13.7. The highest BCUT2D eigenvalue weighted by Gasteiger charge is 2.73. The van der Waals surface area contributed by atoms with Crippen molar-refractivity contribution in [3.8, 4) is 0 Å². The number of halogens is 2. The predicted octanol–water partition coefficient (Wildman–Crippen LogP) is 8.07. The zero-order chi connectivity index (χ0) is 43.7. The third-order valence-corrected chi connectivity index (χ3v) is 16.3. The minimum Gasteiger partial charge on any atom is -0.379 e. The molecule has 16 heteroatoms. The summed E-state index contributed by atoms with van der Waals surface area (Å²) in [6.07, 6.45) is 3.53. The Labute approximate surface area is 368 Å². The second-order valence-corrected chi connectivity index (χ2v) is 21.6. The van der Waals surface area contributed by atoms with Crippen molar-refractivity contribution in [1.29, 1.82) is 0 Å². The maximum atomic E-state index is 13.7. The lowest BCUT2D eigenvalue weighted by molar-refractivity contribution is -0.384. The summed E-state index contributed by atoms with van der Waals surface area (Å²) in [5.74, 6) is -0.208. The van der Waals surface area contributed by atoms with E-state index in [0.717, 1.165) is 88.3 Å². The first-order chi connectivity index (χ1) is 29.6. The van der Waals surface area contributed by atoms with Gasteiger partial charge in [-0.1, -0.05) is 43.2 Å². The van der Waals surface area contributed by atoms with Gasteiger partial charge in [-0.05, 0) is 104 Å². The molecule has 2 heterocycles. The molecule has 9 rings (SSSR count). The normalized spacial score (nSPS) is 24.6. The molecule has 0 aromatic heterocycles. The number of thioether (sulfide) groups is 1. The van der Waals surface area contributed by atoms with Gasteiger partial charge in [0, 0.05) is 91.8 Å². The van der Waals surface area contributed by atoms with Gasteiger partial charge in [-0.3, -0.25) is 24.7 Å². The summed E-state index contributed by atoms with van der Waals surface area (Å²) >= 11 is 1.64. The molecule has 3 aromatic rings. The molecule has 2 N–H and O–H groups in total. The van der Waals surface area contributed by atoms with E-state index in [2.05, 4.69) is 38.6 Å². The van der Waals surface area contributed by atoms with Crippen LogP contribution in [0.1, 0.15) is 69.2 Å². The second kappa shape index (κ2) is 18.2. The molecule has 1 amide bonds. The van der Waals surface area contributed by atoms with Crippen molar-refractivity contribution < 1.29 is 31.7 Å². The van der Waals surface area contributed by atoms with Gasteiger partial charge < -0.3 is 15.0 Å². The van der Waals surface area contributed by atoms with Gasteiger partial charge in [-0.15, -0.1) is 11.8 Å². The molecule has 2 aliphatic heterocycles. The molecule has 2 bridgehead atoms. The average Bonchev–Trinajstić information content (AvgIpc) is 3.22. The number of amides is 1. The average molecular weight is 893 g/mol. The fourth-order valence-electron chi connectivity index (χ4n) is 10.2. The summed E-state index contributed by atoms with van der Waals surface area (Å²) in [5, 5.41) is 15.6. The molecule has 334 valence electrons. The van der Waals surface area contributed by atoms with Crippen LogP contribution < -0.4 is 14.9 Å². The predicted molar refractivity (Wildman–Crippen MR) is 239 cm³/mol. The monoisotopic (exact) mass is 892 g/mol. The van der Waals surface area contributed by atoms with Gasteiger partial charge in [0.25, 0.3) is 21.6 Å². The topological polar surface area (TPSA) is 137 Å². The SMILES string of the molecule is CC1(C)CCC(CN2CCN(c3ccc(C(=O)NS(=O)(=O)c4ccc(N[C@H](CCN5CCOCC5)CSc5ccccc5)c([N+](=O)[O-])c4)cc3)CC2)=C(C23CC(C(F)F)(C2)C3)C1. The van der Waals surface area contributed by atoms with Gasteiger partial charge in [0.2, 0.25) is 6.43 Å². The second-order valence-electron chi connectivity index (χ2n) is 18.8. The highest BCUT2D eigenvalue weighted by molar-refractivity contribution is 7.99. The van der Waals surface area contributed by atoms with Crippen LogP contribution in [-0.2, 0) is 14.8 Å². The molecule has 2 saturated heterocycles. The smallest absolute Gasteiger partial charge is 0.293 e. The Kier molecular flexibility index (Phi) is 13.1. The number of alkyl halides is 2. The van der Waals surface area contributed by atoms with Gasteiger partial charge in [0.05, 0.1) is 23.0 Å². The van der Waals surface area contributed by atoms with Gasteiger partial charge in [-0.2, -0.15) is 0 Å². The third kappa shape index (κ3) is 9.84. The molecular formula is C46H58F2N6O6S2. The van der Waals surface area contributed by atoms with E-state index in [1.807, 2.05) is 30.3 Å². The summed E-state index contributed by atoms with van der Waals surface area (Å²) < 4.78 is 62.0. The Hall–Kier alpha value is -4.09. The van der Waals surface area contributed by atoms with Crippen molar-refractivity contribution in [1.82, 2.24) is 14.5 Å². The molecule has 3 saturated carbocycles. The Balaban J connectivity index is 0.869. The number of benzene rings is 3. The van der Waals surface area contributed by atoms with Crippen LogP contribution in [0.25, 0.3) is 0 Å². The quantitative estimate of drug-likeness (QED) is 0.0589. The van der Waals surface area contributed by atoms with E-state index in [1.165, 1.54) is 23.3 Å². The molecule has 0 spiro atoms. The minimum atomic E-state index is -4.46. The summed E-state index contributed by atoms with van der Waals surface area (Å²) in [6.45, 7) is 12.4. The van der Waals surface area contributed by atoms with Gasteiger partial charge in [-0.25, -0.2) is 21.9 Å². The number of rotatable bonds is 17. The lowest BCUT2D eigenvalue weighted by Gasteiger charge is -2.72. The first-order valence-corrected chi connectivity index (χ1v) is 24.3. The molecule has 1 atom stereocenters. The van der Waals surface area contributed by atoms with Gasteiger partial charge >= 0.3 is 0 Å². The van der Waals surface area contributed by atoms with Crippen molar-refractivity contribution in [2.45, 2.75) is 81.1 Å². The number of allylic oxidation sites excluding steroid dienone is 1. The number of ether oxygens (including phenoxy) is 1. The van der Waals surface area contributed by atoms with E-state index in [-0.39, 0.29) is 33.0 Å². The number of anilines is 2. The summed E-state index contributed by atoms with van der Waals surface area (Å²) in [5.41, 5.74) is 3.24. The maximum Gasteiger partial charge on any atom is 0.293 e. The first-order valence-electron chi connectivity index (χ1n) is 21.8. The van der Waals surface area contributed by atoms with Crippen LogP contribution in [0.5, 0.6) is 0 Å². The lowest BCUT2D eigenvalue weighted by atomic mass is 9.32. The van der Waals surface area contributed by atoms with Crippen LogP contribution in [0.2, 0.25) is 0 Å². The number of hydrogen-bond acceptors (Lipinski definition) is 11. The Morgan fingerprint density at radius 3 is 2.29 bits per heavy atom. The van der Waals surface area contributed by atoms with Crippen LogP contribution in [0, 0.1) is 26.4 Å². The van der Waals surface area contributed by atoms with Gasteiger partial charge in [0.15, 0.2) is 0 Å². The largest absolute Gasteiger partial charge is 0.379 e. The van der Waals surface area contributed by atoms with E-state index in [4.69, 9.17) is 4.74 Å². The van der Waals surface area contributed by atoms with E-state index in [9.17, 15) is 32.1 Å². The van der Waals surface area contributed by atoms with Crippen LogP contribution >= 0.6 is 11.8 Å². The number of nitrogens with one attached hydrogen (secondary N) is 2. The Morgan fingerprint density at radius 2 is 1.63 bits per heavy atom. The number of nitrogens with zero attached hydrogens (tertiary/aromatic N) is 4. The molecule has 0 radical (unpaired) electrons. The van der Waals surface area contributed by atoms with Crippen molar-refractivity contribution >= 4 is 44.8 Å². The molecule has 4 aliphatic carbocycles. The molecule has 12 nitrogen and oxygen atoms in total. The van der Waals surface area contributed by atoms with Crippen molar-refractivity contribution in [2.24, 2.45) is 16.2 Å². The molecule has 3 aromatic carbocycles. The van der Waals surface area contributed by atoms with Gasteiger partial charge in [0.1, 0.15) is 5.69 Å². The minimum absolute atomic E-state index is 0.00569. The summed E-state index contributed by atoms with van der Waals surface area (Å²) in [6, 6.07) is 20.2. The lowest BCUT2D eigenvalue weighted by Crippen LogP contribution is -2.66.